The van der Waals surface area contributed by atoms with Crippen molar-refractivity contribution in [3.8, 4) is 0 Å². The first kappa shape index (κ1) is 26.7. The minimum absolute atomic E-state index is 0.375. The Bertz CT molecular complexity index is 1320. The van der Waals surface area contributed by atoms with Gasteiger partial charge < -0.3 is 15.4 Å². The molecular formula is C33H35N3O2S. The third-order valence-corrected chi connectivity index (χ3v) is 7.46. The van der Waals surface area contributed by atoms with E-state index in [9.17, 15) is 4.79 Å². The molecule has 0 aliphatic carbocycles. The SMILES string of the molecule is CC(C)(C)OC(=O)N1c2ccc(NCCc3ccccc3)cc2Sc2cc(NCCc3ccccc3)ccc21. The molecule has 0 unspecified atom stereocenters. The van der Waals surface area contributed by atoms with E-state index in [1.807, 2.05) is 57.2 Å². The Morgan fingerprint density at radius 3 is 1.62 bits per heavy atom. The van der Waals surface area contributed by atoms with Gasteiger partial charge in [0, 0.05) is 34.3 Å². The molecule has 1 amide bonds. The van der Waals surface area contributed by atoms with E-state index < -0.39 is 5.60 Å². The highest BCUT2D eigenvalue weighted by molar-refractivity contribution is 7.99. The highest BCUT2D eigenvalue weighted by Gasteiger charge is 2.32. The molecule has 4 aromatic carbocycles. The topological polar surface area (TPSA) is 53.6 Å². The van der Waals surface area contributed by atoms with Gasteiger partial charge in [-0.05, 0) is 81.1 Å². The van der Waals surface area contributed by atoms with Gasteiger partial charge in [-0.3, -0.25) is 0 Å². The Morgan fingerprint density at radius 1 is 0.718 bits per heavy atom. The lowest BCUT2D eigenvalue weighted by molar-refractivity contribution is 0.0597. The minimum atomic E-state index is -0.597. The second-order valence-electron chi connectivity index (χ2n) is 10.6. The first-order chi connectivity index (χ1) is 18.9. The smallest absolute Gasteiger partial charge is 0.419 e. The highest BCUT2D eigenvalue weighted by Crippen LogP contribution is 2.50. The quantitative estimate of drug-likeness (QED) is 0.236. The maximum Gasteiger partial charge on any atom is 0.419 e. The van der Waals surface area contributed by atoms with Gasteiger partial charge in [-0.15, -0.1) is 0 Å². The fraction of sp³-hybridized carbons (Fsp3) is 0.242. The van der Waals surface area contributed by atoms with Gasteiger partial charge in [-0.1, -0.05) is 72.4 Å². The first-order valence-corrected chi connectivity index (χ1v) is 14.2. The molecule has 0 spiro atoms. The Morgan fingerprint density at radius 2 is 1.18 bits per heavy atom. The van der Waals surface area contributed by atoms with E-state index in [-0.39, 0.29) is 6.09 Å². The standard InChI is InChI=1S/C33H35N3O2S/c1-33(2,3)38-32(37)36-28-16-14-26(34-20-18-24-10-6-4-7-11-24)22-30(28)39-31-23-27(15-17-29(31)36)35-21-19-25-12-8-5-9-13-25/h4-17,22-23,34-35H,18-21H2,1-3H3. The van der Waals surface area contributed by atoms with E-state index in [4.69, 9.17) is 4.74 Å². The van der Waals surface area contributed by atoms with Crippen molar-refractivity contribution in [3.63, 3.8) is 0 Å². The van der Waals surface area contributed by atoms with Gasteiger partial charge in [0.05, 0.1) is 11.4 Å². The molecule has 0 atom stereocenters. The summed E-state index contributed by atoms with van der Waals surface area (Å²) < 4.78 is 5.83. The summed E-state index contributed by atoms with van der Waals surface area (Å²) in [5, 5.41) is 7.09. The number of hydrogen-bond donors (Lipinski definition) is 2. The van der Waals surface area contributed by atoms with E-state index in [1.165, 1.54) is 11.1 Å². The fourth-order valence-corrected chi connectivity index (χ4v) is 5.66. The number of hydrogen-bond acceptors (Lipinski definition) is 5. The van der Waals surface area contributed by atoms with Crippen LogP contribution in [0.1, 0.15) is 31.9 Å². The number of carbonyl (C=O) groups excluding carboxylic acids is 1. The second kappa shape index (κ2) is 11.9. The molecule has 5 rings (SSSR count). The summed E-state index contributed by atoms with van der Waals surface area (Å²) in [6, 6.07) is 33.3. The number of anilines is 4. The monoisotopic (exact) mass is 537 g/mol. The Hall–Kier alpha value is -3.90. The summed E-state index contributed by atoms with van der Waals surface area (Å²) in [7, 11) is 0. The lowest BCUT2D eigenvalue weighted by Crippen LogP contribution is -2.35. The number of amides is 1. The van der Waals surface area contributed by atoms with Crippen LogP contribution in [0.2, 0.25) is 0 Å². The van der Waals surface area contributed by atoms with Gasteiger partial charge in [0.25, 0.3) is 0 Å². The number of benzene rings is 4. The largest absolute Gasteiger partial charge is 0.443 e. The molecule has 200 valence electrons. The van der Waals surface area contributed by atoms with Crippen LogP contribution in [0.5, 0.6) is 0 Å². The predicted molar refractivity (Wildman–Crippen MR) is 163 cm³/mol. The molecule has 1 aliphatic heterocycles. The molecule has 0 fully saturated rings. The van der Waals surface area contributed by atoms with Crippen LogP contribution >= 0.6 is 11.8 Å². The van der Waals surface area contributed by atoms with Crippen molar-refractivity contribution in [2.45, 2.75) is 49.0 Å². The van der Waals surface area contributed by atoms with Gasteiger partial charge in [-0.2, -0.15) is 0 Å². The summed E-state index contributed by atoms with van der Waals surface area (Å²) in [4.78, 5) is 17.2. The van der Waals surface area contributed by atoms with Crippen LogP contribution in [0.4, 0.5) is 27.5 Å². The Kier molecular flexibility index (Phi) is 8.13. The van der Waals surface area contributed by atoms with Crippen molar-refractivity contribution < 1.29 is 9.53 Å². The molecule has 2 N–H and O–H groups in total. The van der Waals surface area contributed by atoms with Crippen molar-refractivity contribution in [3.05, 3.63) is 108 Å². The van der Waals surface area contributed by atoms with Crippen LogP contribution in [-0.4, -0.2) is 24.8 Å². The Balaban J connectivity index is 1.36. The minimum Gasteiger partial charge on any atom is -0.443 e. The number of nitrogens with one attached hydrogen (secondary N) is 2. The number of ether oxygens (including phenoxy) is 1. The van der Waals surface area contributed by atoms with Crippen molar-refractivity contribution in [2.75, 3.05) is 28.6 Å². The van der Waals surface area contributed by atoms with Gasteiger partial charge in [-0.25, -0.2) is 9.69 Å². The normalized spacial score (nSPS) is 12.3. The number of nitrogens with zero attached hydrogens (tertiary/aromatic N) is 1. The van der Waals surface area contributed by atoms with Crippen LogP contribution in [0, 0.1) is 0 Å². The van der Waals surface area contributed by atoms with Gasteiger partial charge in [0.1, 0.15) is 5.60 Å². The third kappa shape index (κ3) is 6.95. The average Bonchev–Trinajstić information content (AvgIpc) is 2.92. The number of fused-ring (bicyclic) bond motifs is 2. The van der Waals surface area contributed by atoms with Crippen molar-refractivity contribution >= 4 is 40.6 Å². The van der Waals surface area contributed by atoms with Gasteiger partial charge in [0.2, 0.25) is 0 Å². The van der Waals surface area contributed by atoms with Crippen molar-refractivity contribution in [2.24, 2.45) is 0 Å². The zero-order chi connectivity index (χ0) is 27.2. The fourth-order valence-electron chi connectivity index (χ4n) is 4.53. The van der Waals surface area contributed by atoms with Crippen LogP contribution in [-0.2, 0) is 17.6 Å². The number of carbonyl (C=O) groups is 1. The molecule has 4 aromatic rings. The average molecular weight is 538 g/mol. The summed E-state index contributed by atoms with van der Waals surface area (Å²) in [5.74, 6) is 0. The third-order valence-electron chi connectivity index (χ3n) is 6.37. The first-order valence-electron chi connectivity index (χ1n) is 13.4. The van der Waals surface area contributed by atoms with E-state index in [0.29, 0.717) is 0 Å². The molecule has 6 heteroatoms. The highest BCUT2D eigenvalue weighted by atomic mass is 32.2. The lowest BCUT2D eigenvalue weighted by Gasteiger charge is -2.33. The molecule has 0 saturated carbocycles. The van der Waals surface area contributed by atoms with Crippen molar-refractivity contribution in [1.82, 2.24) is 0 Å². The molecule has 39 heavy (non-hydrogen) atoms. The second-order valence-corrected chi connectivity index (χ2v) is 11.7. The lowest BCUT2D eigenvalue weighted by atomic mass is 10.1. The van der Waals surface area contributed by atoms with E-state index in [0.717, 1.165) is 58.5 Å². The zero-order valence-corrected chi connectivity index (χ0v) is 23.6. The molecule has 0 radical (unpaired) electrons. The maximum atomic E-state index is 13.4. The van der Waals surface area contributed by atoms with Crippen molar-refractivity contribution in [1.29, 1.82) is 0 Å². The van der Waals surface area contributed by atoms with E-state index in [1.54, 1.807) is 16.7 Å². The van der Waals surface area contributed by atoms with E-state index in [2.05, 4.69) is 71.3 Å². The summed E-state index contributed by atoms with van der Waals surface area (Å²) in [6.45, 7) is 7.34. The van der Waals surface area contributed by atoms with Gasteiger partial charge >= 0.3 is 6.09 Å². The van der Waals surface area contributed by atoms with Gasteiger partial charge in [0.15, 0.2) is 0 Å². The molecule has 1 aliphatic rings. The molecule has 0 saturated heterocycles. The van der Waals surface area contributed by atoms with Crippen LogP contribution in [0.25, 0.3) is 0 Å². The van der Waals surface area contributed by atoms with E-state index >= 15 is 0 Å². The summed E-state index contributed by atoms with van der Waals surface area (Å²) in [6.07, 6.45) is 1.51. The predicted octanol–water partition coefficient (Wildman–Crippen LogP) is 8.53. The number of rotatable bonds is 8. The van der Waals surface area contributed by atoms with Crippen LogP contribution in [0.3, 0.4) is 0 Å². The molecular weight excluding hydrogens is 502 g/mol. The van der Waals surface area contributed by atoms with Crippen LogP contribution in [0.15, 0.2) is 107 Å². The molecule has 1 heterocycles. The molecule has 0 bridgehead atoms. The van der Waals surface area contributed by atoms with Crippen LogP contribution < -0.4 is 15.5 Å². The summed E-state index contributed by atoms with van der Waals surface area (Å²) >= 11 is 1.68. The Labute approximate surface area is 235 Å². The summed E-state index contributed by atoms with van der Waals surface area (Å²) in [5.41, 5.74) is 5.73. The maximum absolute atomic E-state index is 13.4. The zero-order valence-electron chi connectivity index (χ0n) is 22.7. The molecule has 5 nitrogen and oxygen atoms in total. The molecule has 0 aromatic heterocycles.